The van der Waals surface area contributed by atoms with Crippen LogP contribution in [0.2, 0.25) is 0 Å². The lowest BCUT2D eigenvalue weighted by Gasteiger charge is -2.12. The summed E-state index contributed by atoms with van der Waals surface area (Å²) in [5.41, 5.74) is 0.859. The fourth-order valence-electron chi connectivity index (χ4n) is 1.84. The van der Waals surface area contributed by atoms with Crippen molar-refractivity contribution in [2.45, 2.75) is 39.2 Å². The zero-order chi connectivity index (χ0) is 13.9. The van der Waals surface area contributed by atoms with Crippen molar-refractivity contribution < 1.29 is 14.2 Å². The highest BCUT2D eigenvalue weighted by Gasteiger charge is 2.05. The summed E-state index contributed by atoms with van der Waals surface area (Å²) in [7, 11) is 0. The Kier molecular flexibility index (Phi) is 8.18. The molecule has 0 aliphatic rings. The van der Waals surface area contributed by atoms with Gasteiger partial charge in [0.05, 0.1) is 6.61 Å². The number of unbranched alkanes of at least 4 members (excludes halogenated alkanes) is 3. The first kappa shape index (κ1) is 15.9. The SMILES string of the molecule is CCNCc1cc(F)ccc1OCCCCCCO. The van der Waals surface area contributed by atoms with Gasteiger partial charge in [0.25, 0.3) is 0 Å². The van der Waals surface area contributed by atoms with Crippen molar-refractivity contribution in [3.8, 4) is 5.75 Å². The summed E-state index contributed by atoms with van der Waals surface area (Å²) in [4.78, 5) is 0. The fourth-order valence-corrected chi connectivity index (χ4v) is 1.84. The predicted molar refractivity (Wildman–Crippen MR) is 74.8 cm³/mol. The number of hydrogen-bond acceptors (Lipinski definition) is 3. The smallest absolute Gasteiger partial charge is 0.123 e. The highest BCUT2D eigenvalue weighted by atomic mass is 19.1. The van der Waals surface area contributed by atoms with Crippen molar-refractivity contribution in [2.24, 2.45) is 0 Å². The standard InChI is InChI=1S/C15H24FNO2/c1-2-17-12-13-11-14(16)7-8-15(13)19-10-6-4-3-5-9-18/h7-8,11,17-18H,2-6,9-10,12H2,1H3. The summed E-state index contributed by atoms with van der Waals surface area (Å²) < 4.78 is 18.9. The lowest BCUT2D eigenvalue weighted by atomic mass is 10.2. The number of rotatable bonds is 10. The number of ether oxygens (including phenoxy) is 1. The monoisotopic (exact) mass is 269 g/mol. The molecule has 0 saturated heterocycles. The predicted octanol–water partition coefficient (Wildman–Crippen LogP) is 2.87. The van der Waals surface area contributed by atoms with Gasteiger partial charge in [0.1, 0.15) is 11.6 Å². The van der Waals surface area contributed by atoms with Crippen LogP contribution in [0.4, 0.5) is 4.39 Å². The summed E-state index contributed by atoms with van der Waals surface area (Å²) in [6.07, 6.45) is 3.87. The zero-order valence-corrected chi connectivity index (χ0v) is 11.6. The molecule has 2 N–H and O–H groups in total. The highest BCUT2D eigenvalue weighted by Crippen LogP contribution is 2.20. The van der Waals surface area contributed by atoms with Crippen molar-refractivity contribution in [2.75, 3.05) is 19.8 Å². The average molecular weight is 269 g/mol. The van der Waals surface area contributed by atoms with E-state index in [1.807, 2.05) is 6.92 Å². The molecule has 0 aromatic heterocycles. The van der Waals surface area contributed by atoms with Crippen LogP contribution in [-0.4, -0.2) is 24.9 Å². The number of aliphatic hydroxyl groups is 1. The van der Waals surface area contributed by atoms with Crippen molar-refractivity contribution in [1.29, 1.82) is 0 Å². The second kappa shape index (κ2) is 9.75. The van der Waals surface area contributed by atoms with Crippen LogP contribution >= 0.6 is 0 Å². The van der Waals surface area contributed by atoms with Gasteiger partial charge in [-0.1, -0.05) is 13.3 Å². The van der Waals surface area contributed by atoms with Gasteiger partial charge in [0.2, 0.25) is 0 Å². The fraction of sp³-hybridized carbons (Fsp3) is 0.600. The van der Waals surface area contributed by atoms with E-state index in [1.165, 1.54) is 12.1 Å². The van der Waals surface area contributed by atoms with Crippen molar-refractivity contribution in [1.82, 2.24) is 5.32 Å². The normalized spacial score (nSPS) is 10.7. The van der Waals surface area contributed by atoms with Crippen molar-refractivity contribution >= 4 is 0 Å². The molecule has 1 aromatic carbocycles. The molecule has 0 amide bonds. The Labute approximate surface area is 114 Å². The number of benzene rings is 1. The van der Waals surface area contributed by atoms with Crippen LogP contribution in [0.5, 0.6) is 5.75 Å². The second-order valence-electron chi connectivity index (χ2n) is 4.52. The molecule has 0 radical (unpaired) electrons. The topological polar surface area (TPSA) is 41.5 Å². The van der Waals surface area contributed by atoms with Gasteiger partial charge in [-0.2, -0.15) is 0 Å². The second-order valence-corrected chi connectivity index (χ2v) is 4.52. The van der Waals surface area contributed by atoms with E-state index in [-0.39, 0.29) is 12.4 Å². The van der Waals surface area contributed by atoms with Gasteiger partial charge in [-0.15, -0.1) is 0 Å². The van der Waals surface area contributed by atoms with E-state index in [9.17, 15) is 4.39 Å². The van der Waals surface area contributed by atoms with Crippen molar-refractivity contribution in [3.05, 3.63) is 29.6 Å². The summed E-state index contributed by atoms with van der Waals surface area (Å²) in [5.74, 6) is 0.521. The van der Waals surface area contributed by atoms with Crippen LogP contribution in [0.1, 0.15) is 38.2 Å². The maximum absolute atomic E-state index is 13.2. The maximum Gasteiger partial charge on any atom is 0.123 e. The van der Waals surface area contributed by atoms with Gasteiger partial charge in [0, 0.05) is 18.7 Å². The third kappa shape index (κ3) is 6.55. The van der Waals surface area contributed by atoms with Gasteiger partial charge in [-0.25, -0.2) is 4.39 Å². The Hall–Kier alpha value is -1.13. The molecule has 0 bridgehead atoms. The summed E-state index contributed by atoms with van der Waals surface area (Å²) >= 11 is 0. The van der Waals surface area contributed by atoms with Crippen LogP contribution in [0, 0.1) is 5.82 Å². The van der Waals surface area contributed by atoms with Crippen LogP contribution in [0.15, 0.2) is 18.2 Å². The van der Waals surface area contributed by atoms with E-state index in [2.05, 4.69) is 5.32 Å². The molecule has 0 aliphatic carbocycles. The number of hydrogen-bond donors (Lipinski definition) is 2. The van der Waals surface area contributed by atoms with Crippen LogP contribution < -0.4 is 10.1 Å². The van der Waals surface area contributed by atoms with Gasteiger partial charge < -0.3 is 15.2 Å². The molecule has 4 heteroatoms. The van der Waals surface area contributed by atoms with Crippen LogP contribution in [-0.2, 0) is 6.54 Å². The molecule has 0 fully saturated rings. The van der Waals surface area contributed by atoms with E-state index < -0.39 is 0 Å². The van der Waals surface area contributed by atoms with Crippen molar-refractivity contribution in [3.63, 3.8) is 0 Å². The van der Waals surface area contributed by atoms with E-state index >= 15 is 0 Å². The molecule has 0 atom stereocenters. The zero-order valence-electron chi connectivity index (χ0n) is 11.6. The van der Waals surface area contributed by atoms with Gasteiger partial charge in [0.15, 0.2) is 0 Å². The Morgan fingerprint density at radius 2 is 2.00 bits per heavy atom. The minimum Gasteiger partial charge on any atom is -0.493 e. The van der Waals surface area contributed by atoms with Gasteiger partial charge in [-0.05, 0) is 44.0 Å². The Morgan fingerprint density at radius 3 is 2.74 bits per heavy atom. The lowest BCUT2D eigenvalue weighted by molar-refractivity contribution is 0.272. The third-order valence-electron chi connectivity index (χ3n) is 2.90. The van der Waals surface area contributed by atoms with E-state index in [1.54, 1.807) is 6.07 Å². The molecule has 0 unspecified atom stereocenters. The lowest BCUT2D eigenvalue weighted by Crippen LogP contribution is -2.13. The number of halogens is 1. The number of nitrogens with one attached hydrogen (secondary N) is 1. The van der Waals surface area contributed by atoms with E-state index in [0.717, 1.165) is 43.5 Å². The Bertz CT molecular complexity index is 358. The Balaban J connectivity index is 2.38. The summed E-state index contributed by atoms with van der Waals surface area (Å²) in [5, 5.41) is 11.8. The molecular weight excluding hydrogens is 245 g/mol. The summed E-state index contributed by atoms with van der Waals surface area (Å²) in [6, 6.07) is 4.63. The summed E-state index contributed by atoms with van der Waals surface area (Å²) in [6.45, 7) is 4.37. The maximum atomic E-state index is 13.2. The molecule has 0 spiro atoms. The van der Waals surface area contributed by atoms with E-state index in [0.29, 0.717) is 13.2 Å². The number of aliphatic hydroxyl groups excluding tert-OH is 1. The minimum atomic E-state index is -0.233. The quantitative estimate of drug-likeness (QED) is 0.642. The minimum absolute atomic E-state index is 0.233. The average Bonchev–Trinajstić information content (AvgIpc) is 2.42. The first-order chi connectivity index (χ1) is 9.27. The highest BCUT2D eigenvalue weighted by molar-refractivity contribution is 5.33. The molecule has 1 aromatic rings. The van der Waals surface area contributed by atoms with Gasteiger partial charge in [-0.3, -0.25) is 0 Å². The van der Waals surface area contributed by atoms with Crippen LogP contribution in [0.25, 0.3) is 0 Å². The molecular formula is C15H24FNO2. The first-order valence-corrected chi connectivity index (χ1v) is 7.00. The molecule has 0 saturated carbocycles. The largest absolute Gasteiger partial charge is 0.493 e. The molecule has 108 valence electrons. The molecule has 0 heterocycles. The third-order valence-corrected chi connectivity index (χ3v) is 2.90. The molecule has 3 nitrogen and oxygen atoms in total. The molecule has 0 aliphatic heterocycles. The first-order valence-electron chi connectivity index (χ1n) is 7.00. The molecule has 1 rings (SSSR count). The van der Waals surface area contributed by atoms with E-state index in [4.69, 9.17) is 9.84 Å². The Morgan fingerprint density at radius 1 is 1.21 bits per heavy atom. The van der Waals surface area contributed by atoms with Crippen LogP contribution in [0.3, 0.4) is 0 Å². The molecule has 19 heavy (non-hydrogen) atoms. The van der Waals surface area contributed by atoms with Gasteiger partial charge >= 0.3 is 0 Å².